The Labute approximate surface area is 254 Å². The van der Waals surface area contributed by atoms with Crippen molar-refractivity contribution in [3.63, 3.8) is 0 Å². The van der Waals surface area contributed by atoms with Gasteiger partial charge in [0.15, 0.2) is 0 Å². The number of nitrogens with one attached hydrogen (secondary N) is 1. The van der Waals surface area contributed by atoms with Crippen molar-refractivity contribution in [3.8, 4) is 16.9 Å². The minimum Gasteiger partial charge on any atom is -0.492 e. The first-order valence-corrected chi connectivity index (χ1v) is 16.1. The molecule has 0 radical (unpaired) electrons. The molecule has 1 atom stereocenters. The summed E-state index contributed by atoms with van der Waals surface area (Å²) in [5.41, 5.74) is 2.82. The predicted octanol–water partition coefficient (Wildman–Crippen LogP) is 5.59. The highest BCUT2D eigenvalue weighted by atomic mass is 32.2. The van der Waals surface area contributed by atoms with E-state index in [1.807, 2.05) is 73.2 Å². The Morgan fingerprint density at radius 3 is 2.16 bits per heavy atom. The van der Waals surface area contributed by atoms with Crippen LogP contribution in [0.25, 0.3) is 11.1 Å². The summed E-state index contributed by atoms with van der Waals surface area (Å²) in [5.74, 6) is -0.265. The second-order valence-electron chi connectivity index (χ2n) is 11.9. The van der Waals surface area contributed by atoms with E-state index in [9.17, 15) is 23.1 Å². The van der Waals surface area contributed by atoms with Crippen molar-refractivity contribution in [2.45, 2.75) is 52.7 Å². The van der Waals surface area contributed by atoms with E-state index in [-0.39, 0.29) is 18.0 Å². The van der Waals surface area contributed by atoms with Gasteiger partial charge in [0.25, 0.3) is 5.91 Å². The minimum absolute atomic E-state index is 0.0927. The number of carbonyl (C=O) groups excluding carboxylic acids is 2. The lowest BCUT2D eigenvalue weighted by atomic mass is 10.0. The topological polar surface area (TPSA) is 122 Å². The van der Waals surface area contributed by atoms with Crippen molar-refractivity contribution in [3.05, 3.63) is 89.5 Å². The molecule has 2 N–H and O–H groups in total. The molecule has 232 valence electrons. The van der Waals surface area contributed by atoms with Gasteiger partial charge in [0, 0.05) is 6.54 Å². The fourth-order valence-corrected chi connectivity index (χ4v) is 4.64. The maximum absolute atomic E-state index is 13.0. The first kappa shape index (κ1) is 33.6. The zero-order valence-corrected chi connectivity index (χ0v) is 26.5. The van der Waals surface area contributed by atoms with Gasteiger partial charge in [-0.25, -0.2) is 17.9 Å². The van der Waals surface area contributed by atoms with Crippen molar-refractivity contribution in [1.82, 2.24) is 9.62 Å². The first-order chi connectivity index (χ1) is 20.1. The molecule has 0 heterocycles. The molecule has 3 rings (SSSR count). The molecule has 3 aromatic carbocycles. The van der Waals surface area contributed by atoms with Crippen molar-refractivity contribution < 1.29 is 32.6 Å². The number of nitrogens with zero attached hydrogens (tertiary/aromatic N) is 1. The van der Waals surface area contributed by atoms with Crippen LogP contribution in [0.3, 0.4) is 0 Å². The van der Waals surface area contributed by atoms with Gasteiger partial charge >= 0.3 is 6.09 Å². The number of sulfonamides is 1. The number of hydrogen-bond acceptors (Lipinski definition) is 7. The summed E-state index contributed by atoms with van der Waals surface area (Å²) in [6.07, 6.45) is 0.112. The van der Waals surface area contributed by atoms with E-state index >= 15 is 0 Å². The van der Waals surface area contributed by atoms with Crippen LogP contribution in [-0.2, 0) is 21.2 Å². The molecule has 0 aliphatic heterocycles. The van der Waals surface area contributed by atoms with E-state index in [1.165, 1.54) is 4.90 Å². The number of aliphatic hydroxyl groups is 1. The normalized spacial score (nSPS) is 12.5. The van der Waals surface area contributed by atoms with E-state index in [1.54, 1.807) is 39.0 Å². The molecule has 0 spiro atoms. The van der Waals surface area contributed by atoms with E-state index in [0.717, 1.165) is 28.5 Å². The highest BCUT2D eigenvalue weighted by molar-refractivity contribution is 7.89. The Kier molecular flexibility index (Phi) is 11.4. The van der Waals surface area contributed by atoms with Crippen molar-refractivity contribution in [1.29, 1.82) is 0 Å². The fraction of sp³-hybridized carbons (Fsp3) is 0.394. The van der Waals surface area contributed by atoms with Gasteiger partial charge in [-0.3, -0.25) is 4.79 Å². The smallest absolute Gasteiger partial charge is 0.410 e. The molecule has 10 heteroatoms. The summed E-state index contributed by atoms with van der Waals surface area (Å²) in [6, 6.07) is 22.0. The molecule has 43 heavy (non-hydrogen) atoms. The maximum Gasteiger partial charge on any atom is 0.410 e. The van der Waals surface area contributed by atoms with E-state index in [0.29, 0.717) is 25.3 Å². The molecule has 0 fully saturated rings. The predicted molar refractivity (Wildman–Crippen MR) is 167 cm³/mol. The Hall–Kier alpha value is -3.89. The first-order valence-electron chi connectivity index (χ1n) is 14.2. The molecular weight excluding hydrogens is 568 g/mol. The number of ether oxygens (including phenoxy) is 2. The number of aliphatic hydroxyl groups excluding tert-OH is 1. The molecule has 0 saturated heterocycles. The van der Waals surface area contributed by atoms with Crippen LogP contribution in [-0.4, -0.2) is 62.0 Å². The summed E-state index contributed by atoms with van der Waals surface area (Å²) in [5, 5.41) is 10.8. The quantitative estimate of drug-likeness (QED) is 0.274. The Balaban J connectivity index is 1.77. The van der Waals surface area contributed by atoms with Gasteiger partial charge in [0.05, 0.1) is 31.1 Å². The van der Waals surface area contributed by atoms with Crippen LogP contribution < -0.4 is 9.46 Å². The SMILES string of the molecule is CC(C)COc1cc(-c2ccc(CCN(C[C@H](O)c3ccccc3)C(=O)OC(C)(C)C)cc2)ccc1C(=O)NS(C)(=O)=O. The third kappa shape index (κ3) is 11.0. The van der Waals surface area contributed by atoms with Gasteiger partial charge in [-0.05, 0) is 67.5 Å². The Morgan fingerprint density at radius 2 is 1.58 bits per heavy atom. The summed E-state index contributed by atoms with van der Waals surface area (Å²) in [4.78, 5) is 27.1. The average Bonchev–Trinajstić information content (AvgIpc) is 2.92. The van der Waals surface area contributed by atoms with Crippen LogP contribution in [0.5, 0.6) is 5.75 Å². The van der Waals surface area contributed by atoms with E-state index < -0.39 is 33.7 Å². The van der Waals surface area contributed by atoms with Crippen molar-refractivity contribution in [2.24, 2.45) is 5.92 Å². The van der Waals surface area contributed by atoms with Crippen LogP contribution in [0.4, 0.5) is 4.79 Å². The molecule has 9 nitrogen and oxygen atoms in total. The van der Waals surface area contributed by atoms with Gasteiger partial charge in [-0.1, -0.05) is 74.5 Å². The number of benzene rings is 3. The van der Waals surface area contributed by atoms with E-state index in [2.05, 4.69) is 0 Å². The molecule has 3 aromatic rings. The van der Waals surface area contributed by atoms with Crippen molar-refractivity contribution >= 4 is 22.0 Å². The van der Waals surface area contributed by atoms with Gasteiger partial charge in [-0.2, -0.15) is 0 Å². The van der Waals surface area contributed by atoms with Crippen LogP contribution in [0.2, 0.25) is 0 Å². The van der Waals surface area contributed by atoms with Crippen LogP contribution >= 0.6 is 0 Å². The van der Waals surface area contributed by atoms with Crippen LogP contribution in [0.1, 0.15) is 62.2 Å². The lowest BCUT2D eigenvalue weighted by Crippen LogP contribution is -2.40. The molecular formula is C33H42N2O7S. The van der Waals surface area contributed by atoms with Gasteiger partial charge in [-0.15, -0.1) is 0 Å². The Morgan fingerprint density at radius 1 is 0.953 bits per heavy atom. The molecule has 0 aliphatic rings. The maximum atomic E-state index is 13.0. The van der Waals surface area contributed by atoms with Crippen molar-refractivity contribution in [2.75, 3.05) is 26.0 Å². The summed E-state index contributed by atoms with van der Waals surface area (Å²) >= 11 is 0. The van der Waals surface area contributed by atoms with Gasteiger partial charge < -0.3 is 19.5 Å². The second-order valence-corrected chi connectivity index (χ2v) is 13.7. The van der Waals surface area contributed by atoms with Crippen LogP contribution in [0, 0.1) is 5.92 Å². The largest absolute Gasteiger partial charge is 0.492 e. The summed E-state index contributed by atoms with van der Waals surface area (Å²) in [6.45, 7) is 10.2. The third-order valence-corrected chi connectivity index (χ3v) is 6.82. The number of amides is 2. The molecule has 0 saturated carbocycles. The number of rotatable bonds is 12. The lowest BCUT2D eigenvalue weighted by molar-refractivity contribution is 0.0147. The highest BCUT2D eigenvalue weighted by Crippen LogP contribution is 2.29. The Bertz CT molecular complexity index is 1480. The average molecular weight is 611 g/mol. The zero-order valence-electron chi connectivity index (χ0n) is 25.7. The minimum atomic E-state index is -3.74. The second kappa shape index (κ2) is 14.5. The standard InChI is InChI=1S/C33H42N2O7S/c1-23(2)22-41-30-20-27(16-17-28(30)31(37)34-43(6,39)40)25-14-12-24(13-15-25)18-19-35(32(38)42-33(3,4)5)21-29(36)26-10-8-7-9-11-26/h7-17,20,23,29,36H,18-19,21-22H2,1-6H3,(H,34,37)/t29-/m0/s1. The van der Waals surface area contributed by atoms with Gasteiger partial charge in [0.1, 0.15) is 11.4 Å². The highest BCUT2D eigenvalue weighted by Gasteiger charge is 2.25. The molecule has 0 aliphatic carbocycles. The fourth-order valence-electron chi connectivity index (χ4n) is 4.19. The monoisotopic (exact) mass is 610 g/mol. The summed E-state index contributed by atoms with van der Waals surface area (Å²) in [7, 11) is -3.74. The zero-order chi connectivity index (χ0) is 31.8. The number of hydrogen-bond donors (Lipinski definition) is 2. The molecule has 0 aromatic heterocycles. The third-order valence-electron chi connectivity index (χ3n) is 6.26. The molecule has 2 amide bonds. The molecule has 0 unspecified atom stereocenters. The van der Waals surface area contributed by atoms with Crippen LogP contribution in [0.15, 0.2) is 72.8 Å². The number of carbonyl (C=O) groups is 2. The summed E-state index contributed by atoms with van der Waals surface area (Å²) < 4.78 is 36.7. The van der Waals surface area contributed by atoms with E-state index in [4.69, 9.17) is 9.47 Å². The molecule has 0 bridgehead atoms. The van der Waals surface area contributed by atoms with Gasteiger partial charge in [0.2, 0.25) is 10.0 Å². The lowest BCUT2D eigenvalue weighted by Gasteiger charge is -2.29.